The highest BCUT2D eigenvalue weighted by atomic mass is 16.7. The fourth-order valence-electron chi connectivity index (χ4n) is 3.17. The monoisotopic (exact) mass is 375 g/mol. The van der Waals surface area contributed by atoms with Crippen LogP contribution in [0.4, 0.5) is 11.5 Å². The summed E-state index contributed by atoms with van der Waals surface area (Å²) >= 11 is 0. The van der Waals surface area contributed by atoms with Gasteiger partial charge in [-0.2, -0.15) is 0 Å². The average molecular weight is 375 g/mol. The first-order valence-electron chi connectivity index (χ1n) is 9.05. The van der Waals surface area contributed by atoms with Crippen molar-refractivity contribution in [1.82, 2.24) is 10.3 Å². The van der Waals surface area contributed by atoms with Gasteiger partial charge in [-0.1, -0.05) is 12.1 Å². The number of nitrogens with zero attached hydrogens (tertiary/aromatic N) is 1. The Labute approximate surface area is 163 Å². The van der Waals surface area contributed by atoms with Gasteiger partial charge in [0.15, 0.2) is 11.5 Å². The molecule has 0 unspecified atom stereocenters. The molecule has 0 saturated carbocycles. The Morgan fingerprint density at radius 2 is 1.79 bits per heavy atom. The number of carbonyl (C=O) groups is 1. The number of hydrogen-bond acceptors (Lipinski definition) is 5. The molecule has 1 aliphatic heterocycles. The van der Waals surface area contributed by atoms with E-state index in [1.54, 1.807) is 18.3 Å². The SMILES string of the molecule is Cc1cc(C)cc(Nc2cc(C(=O)NCc3ccc4c(c3)OCO4)ccn2)c1. The molecule has 0 spiro atoms. The van der Waals surface area contributed by atoms with Gasteiger partial charge in [-0.25, -0.2) is 4.98 Å². The normalized spacial score (nSPS) is 11.9. The van der Waals surface area contributed by atoms with Gasteiger partial charge in [0, 0.05) is 24.0 Å². The lowest BCUT2D eigenvalue weighted by Crippen LogP contribution is -2.22. The summed E-state index contributed by atoms with van der Waals surface area (Å²) in [7, 11) is 0. The fourth-order valence-corrected chi connectivity index (χ4v) is 3.17. The van der Waals surface area contributed by atoms with Gasteiger partial charge in [-0.15, -0.1) is 0 Å². The smallest absolute Gasteiger partial charge is 0.251 e. The van der Waals surface area contributed by atoms with E-state index < -0.39 is 0 Å². The molecule has 142 valence electrons. The van der Waals surface area contributed by atoms with E-state index in [0.717, 1.165) is 17.0 Å². The number of aromatic nitrogens is 1. The first-order valence-corrected chi connectivity index (χ1v) is 9.05. The van der Waals surface area contributed by atoms with E-state index in [4.69, 9.17) is 9.47 Å². The quantitative estimate of drug-likeness (QED) is 0.702. The Morgan fingerprint density at radius 1 is 1.00 bits per heavy atom. The predicted molar refractivity (Wildman–Crippen MR) is 107 cm³/mol. The van der Waals surface area contributed by atoms with Gasteiger partial charge in [-0.3, -0.25) is 4.79 Å². The Kier molecular flexibility index (Phi) is 4.85. The van der Waals surface area contributed by atoms with Gasteiger partial charge < -0.3 is 20.1 Å². The van der Waals surface area contributed by atoms with Gasteiger partial charge in [-0.05, 0) is 66.9 Å². The maximum Gasteiger partial charge on any atom is 0.251 e. The number of aryl methyl sites for hydroxylation is 2. The molecule has 1 amide bonds. The standard InChI is InChI=1S/C22H21N3O3/c1-14-7-15(2)9-18(8-14)25-21-11-17(5-6-23-21)22(26)24-12-16-3-4-19-20(10-16)28-13-27-19/h3-11H,12-13H2,1-2H3,(H,23,25)(H,24,26). The van der Waals surface area contributed by atoms with Crippen LogP contribution in [0, 0.1) is 13.8 Å². The minimum absolute atomic E-state index is 0.163. The molecule has 2 heterocycles. The van der Waals surface area contributed by atoms with Crippen LogP contribution in [-0.2, 0) is 6.54 Å². The van der Waals surface area contributed by atoms with Crippen molar-refractivity contribution in [2.75, 3.05) is 12.1 Å². The summed E-state index contributed by atoms with van der Waals surface area (Å²) in [6.45, 7) is 4.73. The summed E-state index contributed by atoms with van der Waals surface area (Å²) in [5.74, 6) is 1.89. The molecule has 28 heavy (non-hydrogen) atoms. The lowest BCUT2D eigenvalue weighted by molar-refractivity contribution is 0.0950. The number of anilines is 2. The third-order valence-electron chi connectivity index (χ3n) is 4.41. The van der Waals surface area contributed by atoms with Crippen molar-refractivity contribution in [3.63, 3.8) is 0 Å². The fraction of sp³-hybridized carbons (Fsp3) is 0.182. The van der Waals surface area contributed by atoms with Crippen molar-refractivity contribution in [1.29, 1.82) is 0 Å². The van der Waals surface area contributed by atoms with Crippen molar-refractivity contribution in [2.45, 2.75) is 20.4 Å². The van der Waals surface area contributed by atoms with E-state index >= 15 is 0 Å². The number of fused-ring (bicyclic) bond motifs is 1. The number of carbonyl (C=O) groups excluding carboxylic acids is 1. The lowest BCUT2D eigenvalue weighted by Gasteiger charge is -2.10. The highest BCUT2D eigenvalue weighted by Crippen LogP contribution is 2.32. The van der Waals surface area contributed by atoms with Gasteiger partial charge in [0.05, 0.1) is 0 Å². The lowest BCUT2D eigenvalue weighted by atomic mass is 10.1. The topological polar surface area (TPSA) is 72.5 Å². The molecule has 2 aromatic carbocycles. The molecule has 2 N–H and O–H groups in total. The van der Waals surface area contributed by atoms with Crippen molar-refractivity contribution in [2.24, 2.45) is 0 Å². The summed E-state index contributed by atoms with van der Waals surface area (Å²) in [5, 5.41) is 6.19. The van der Waals surface area contributed by atoms with Crippen molar-refractivity contribution >= 4 is 17.4 Å². The van der Waals surface area contributed by atoms with Crippen LogP contribution in [0.15, 0.2) is 54.7 Å². The number of rotatable bonds is 5. The van der Waals surface area contributed by atoms with E-state index in [2.05, 4.69) is 21.7 Å². The zero-order valence-corrected chi connectivity index (χ0v) is 15.8. The molecule has 0 saturated heterocycles. The van der Waals surface area contributed by atoms with Crippen LogP contribution in [0.25, 0.3) is 0 Å². The first-order chi connectivity index (χ1) is 13.6. The molecule has 4 rings (SSSR count). The molecule has 0 aliphatic carbocycles. The number of amides is 1. The largest absolute Gasteiger partial charge is 0.454 e. The number of nitrogens with one attached hydrogen (secondary N) is 2. The summed E-state index contributed by atoms with van der Waals surface area (Å²) in [5.41, 5.74) is 4.77. The molecule has 0 atom stereocenters. The Balaban J connectivity index is 1.42. The van der Waals surface area contributed by atoms with Crippen LogP contribution >= 0.6 is 0 Å². The van der Waals surface area contributed by atoms with E-state index in [9.17, 15) is 4.79 Å². The molecular weight excluding hydrogens is 354 g/mol. The predicted octanol–water partition coefficient (Wildman–Crippen LogP) is 4.10. The van der Waals surface area contributed by atoms with Gasteiger partial charge in [0.1, 0.15) is 5.82 Å². The Morgan fingerprint density at radius 3 is 2.61 bits per heavy atom. The average Bonchev–Trinajstić information content (AvgIpc) is 3.13. The number of pyridine rings is 1. The number of benzene rings is 2. The van der Waals surface area contributed by atoms with Gasteiger partial charge in [0.25, 0.3) is 5.91 Å². The molecule has 0 bridgehead atoms. The summed E-state index contributed by atoms with van der Waals surface area (Å²) in [6.07, 6.45) is 1.63. The maximum absolute atomic E-state index is 12.5. The van der Waals surface area contributed by atoms with Crippen LogP contribution in [-0.4, -0.2) is 17.7 Å². The van der Waals surface area contributed by atoms with Crippen molar-refractivity contribution in [3.05, 3.63) is 77.0 Å². The molecule has 6 heteroatoms. The molecule has 6 nitrogen and oxygen atoms in total. The Hall–Kier alpha value is -3.54. The van der Waals surface area contributed by atoms with E-state index in [0.29, 0.717) is 23.7 Å². The summed E-state index contributed by atoms with van der Waals surface area (Å²) in [6, 6.07) is 15.3. The van der Waals surface area contributed by atoms with Crippen LogP contribution in [0.1, 0.15) is 27.0 Å². The molecule has 1 aliphatic rings. The second-order valence-corrected chi connectivity index (χ2v) is 6.80. The van der Waals surface area contributed by atoms with Crippen molar-refractivity contribution in [3.8, 4) is 11.5 Å². The first kappa shape index (κ1) is 17.9. The highest BCUT2D eigenvalue weighted by molar-refractivity contribution is 5.94. The number of ether oxygens (including phenoxy) is 2. The van der Waals surface area contributed by atoms with Crippen molar-refractivity contribution < 1.29 is 14.3 Å². The minimum Gasteiger partial charge on any atom is -0.454 e. The summed E-state index contributed by atoms with van der Waals surface area (Å²) in [4.78, 5) is 16.9. The molecule has 0 radical (unpaired) electrons. The minimum atomic E-state index is -0.163. The second-order valence-electron chi connectivity index (χ2n) is 6.80. The maximum atomic E-state index is 12.5. The summed E-state index contributed by atoms with van der Waals surface area (Å²) < 4.78 is 10.7. The molecule has 1 aromatic heterocycles. The van der Waals surface area contributed by atoms with E-state index in [1.165, 1.54) is 11.1 Å². The Bertz CT molecular complexity index is 1010. The zero-order chi connectivity index (χ0) is 19.5. The van der Waals surface area contributed by atoms with E-state index in [-0.39, 0.29) is 12.7 Å². The third kappa shape index (κ3) is 4.06. The molecule has 3 aromatic rings. The molecule has 0 fully saturated rings. The zero-order valence-electron chi connectivity index (χ0n) is 15.8. The van der Waals surface area contributed by atoms with Crippen LogP contribution < -0.4 is 20.1 Å². The van der Waals surface area contributed by atoms with Gasteiger partial charge in [0.2, 0.25) is 6.79 Å². The van der Waals surface area contributed by atoms with Crippen LogP contribution in [0.3, 0.4) is 0 Å². The highest BCUT2D eigenvalue weighted by Gasteiger charge is 2.14. The van der Waals surface area contributed by atoms with E-state index in [1.807, 2.05) is 44.2 Å². The van der Waals surface area contributed by atoms with Crippen LogP contribution in [0.5, 0.6) is 11.5 Å². The van der Waals surface area contributed by atoms with Gasteiger partial charge >= 0.3 is 0 Å². The van der Waals surface area contributed by atoms with Crippen LogP contribution in [0.2, 0.25) is 0 Å². The third-order valence-corrected chi connectivity index (χ3v) is 4.41. The molecular formula is C22H21N3O3. The number of hydrogen-bond donors (Lipinski definition) is 2. The second kappa shape index (κ2) is 7.60.